The van der Waals surface area contributed by atoms with Crippen molar-refractivity contribution in [2.75, 3.05) is 13.1 Å². The van der Waals surface area contributed by atoms with Gasteiger partial charge in [0.05, 0.1) is 6.54 Å². The lowest BCUT2D eigenvalue weighted by Crippen LogP contribution is -2.56. The number of benzene rings is 1. The van der Waals surface area contributed by atoms with Gasteiger partial charge in [0.15, 0.2) is 0 Å². The van der Waals surface area contributed by atoms with Crippen molar-refractivity contribution in [2.24, 2.45) is 11.7 Å². The first-order chi connectivity index (χ1) is 18.1. The molecule has 6 amide bonds. The average Bonchev–Trinajstić information content (AvgIpc) is 3.52. The van der Waals surface area contributed by atoms with Gasteiger partial charge < -0.3 is 26.0 Å². The number of imide groups is 1. The number of primary amides is 1. The number of nitrogens with zero attached hydrogens (tertiary/aromatic N) is 2. The Balaban J connectivity index is 1.67. The number of hydrogen-bond acceptors (Lipinski definition) is 7. The Bertz CT molecular complexity index is 1060. The Morgan fingerprint density at radius 2 is 1.79 bits per heavy atom. The van der Waals surface area contributed by atoms with Crippen LogP contribution in [0.25, 0.3) is 0 Å². The molecule has 3 atom stereocenters. The maximum absolute atomic E-state index is 13.5. The van der Waals surface area contributed by atoms with E-state index in [4.69, 9.17) is 10.5 Å². The van der Waals surface area contributed by atoms with Crippen molar-refractivity contribution in [3.8, 4) is 0 Å². The number of rotatable bonds is 10. The lowest BCUT2D eigenvalue weighted by atomic mass is 10.0. The van der Waals surface area contributed by atoms with Crippen molar-refractivity contribution in [3.63, 3.8) is 0 Å². The molecular formula is C26H35N5O7. The molecule has 1 aromatic rings. The molecule has 0 saturated carbocycles. The largest absolute Gasteiger partial charge is 0.444 e. The number of likely N-dealkylation sites (tertiary alicyclic amines) is 2. The summed E-state index contributed by atoms with van der Waals surface area (Å²) >= 11 is 0. The second kappa shape index (κ2) is 13.0. The highest BCUT2D eigenvalue weighted by Crippen LogP contribution is 2.27. The van der Waals surface area contributed by atoms with Crippen LogP contribution < -0.4 is 16.4 Å². The van der Waals surface area contributed by atoms with Gasteiger partial charge in [0.25, 0.3) is 0 Å². The van der Waals surface area contributed by atoms with E-state index < -0.39 is 53.8 Å². The molecule has 206 valence electrons. The lowest BCUT2D eigenvalue weighted by molar-refractivity contribution is -0.144. The Labute approximate surface area is 221 Å². The van der Waals surface area contributed by atoms with Crippen LogP contribution in [0, 0.1) is 5.92 Å². The summed E-state index contributed by atoms with van der Waals surface area (Å²) in [6.45, 7) is 3.64. The minimum absolute atomic E-state index is 0.0119. The molecule has 0 spiro atoms. The zero-order valence-electron chi connectivity index (χ0n) is 21.7. The van der Waals surface area contributed by atoms with Gasteiger partial charge >= 0.3 is 6.09 Å². The molecule has 2 saturated heterocycles. The van der Waals surface area contributed by atoms with Crippen LogP contribution in [0.5, 0.6) is 0 Å². The maximum atomic E-state index is 13.5. The van der Waals surface area contributed by atoms with E-state index in [9.17, 15) is 28.8 Å². The molecule has 0 aliphatic carbocycles. The molecule has 3 rings (SSSR count). The third kappa shape index (κ3) is 7.30. The number of nitrogens with one attached hydrogen (secondary N) is 2. The topological polar surface area (TPSA) is 168 Å². The van der Waals surface area contributed by atoms with Crippen molar-refractivity contribution in [1.29, 1.82) is 0 Å². The van der Waals surface area contributed by atoms with Crippen LogP contribution in [0.1, 0.15) is 51.5 Å². The molecule has 2 aliphatic rings. The van der Waals surface area contributed by atoms with Crippen LogP contribution in [-0.2, 0) is 35.3 Å². The summed E-state index contributed by atoms with van der Waals surface area (Å²) in [7, 11) is 0. The molecule has 2 heterocycles. The van der Waals surface area contributed by atoms with Crippen LogP contribution in [0.3, 0.4) is 0 Å². The molecule has 12 nitrogen and oxygen atoms in total. The SMILES string of the molecule is CC(C)CC(NC(=O)C1CCCN1C(=O)C1CCC(=O)N1C(=O)OCc1ccccc1)C(=O)NCC(N)=O. The first-order valence-electron chi connectivity index (χ1n) is 12.8. The van der Waals surface area contributed by atoms with E-state index in [0.717, 1.165) is 10.5 Å². The lowest BCUT2D eigenvalue weighted by Gasteiger charge is -2.30. The van der Waals surface area contributed by atoms with Crippen LogP contribution in [0.15, 0.2) is 30.3 Å². The van der Waals surface area contributed by atoms with E-state index in [2.05, 4.69) is 10.6 Å². The van der Waals surface area contributed by atoms with Crippen LogP contribution in [-0.4, -0.2) is 76.6 Å². The van der Waals surface area contributed by atoms with Crippen molar-refractivity contribution in [2.45, 2.75) is 70.7 Å². The summed E-state index contributed by atoms with van der Waals surface area (Å²) in [5, 5.41) is 5.11. The monoisotopic (exact) mass is 529 g/mol. The van der Waals surface area contributed by atoms with E-state index >= 15 is 0 Å². The van der Waals surface area contributed by atoms with Crippen molar-refractivity contribution in [1.82, 2.24) is 20.4 Å². The number of ether oxygens (including phenoxy) is 1. The van der Waals surface area contributed by atoms with Gasteiger partial charge in [0.1, 0.15) is 24.7 Å². The number of carbonyl (C=O) groups is 6. The minimum atomic E-state index is -1.07. The molecular weight excluding hydrogens is 494 g/mol. The molecule has 1 aromatic carbocycles. The summed E-state index contributed by atoms with van der Waals surface area (Å²) < 4.78 is 5.29. The second-order valence-electron chi connectivity index (χ2n) is 9.92. The zero-order valence-corrected chi connectivity index (χ0v) is 21.7. The summed E-state index contributed by atoms with van der Waals surface area (Å²) in [5.74, 6) is -2.73. The Hall–Kier alpha value is -3.96. The highest BCUT2D eigenvalue weighted by molar-refractivity contribution is 6.02. The van der Waals surface area contributed by atoms with Gasteiger partial charge in [0.2, 0.25) is 29.5 Å². The molecule has 4 N–H and O–H groups in total. The van der Waals surface area contributed by atoms with E-state index in [-0.39, 0.29) is 38.5 Å². The summed E-state index contributed by atoms with van der Waals surface area (Å²) in [6.07, 6.45) is 0.472. The smallest absolute Gasteiger partial charge is 0.417 e. The third-order valence-corrected chi connectivity index (χ3v) is 6.51. The molecule has 2 aliphatic heterocycles. The third-order valence-electron chi connectivity index (χ3n) is 6.51. The highest BCUT2D eigenvalue weighted by Gasteiger charge is 2.46. The van der Waals surface area contributed by atoms with Crippen LogP contribution in [0.2, 0.25) is 0 Å². The van der Waals surface area contributed by atoms with Gasteiger partial charge in [-0.15, -0.1) is 0 Å². The first kappa shape index (κ1) is 28.6. The average molecular weight is 530 g/mol. The standard InChI is InChI=1S/C26H35N5O7/c1-16(2)13-18(23(34)28-14-21(27)32)29-24(35)19-9-6-12-30(19)25(36)20-10-11-22(33)31(20)26(37)38-15-17-7-4-3-5-8-17/h3-5,7-8,16,18-20H,6,9-15H2,1-2H3,(H2,27,32)(H,28,34)(H,29,35). The summed E-state index contributed by atoms with van der Waals surface area (Å²) in [6, 6.07) is 6.11. The highest BCUT2D eigenvalue weighted by atomic mass is 16.6. The van der Waals surface area contributed by atoms with Gasteiger partial charge in [0, 0.05) is 13.0 Å². The van der Waals surface area contributed by atoms with E-state index in [1.807, 2.05) is 19.9 Å². The minimum Gasteiger partial charge on any atom is -0.444 e. The van der Waals surface area contributed by atoms with E-state index in [1.54, 1.807) is 24.3 Å². The molecule has 38 heavy (non-hydrogen) atoms. The Morgan fingerprint density at radius 1 is 1.08 bits per heavy atom. The van der Waals surface area contributed by atoms with Gasteiger partial charge in [-0.25, -0.2) is 9.69 Å². The van der Waals surface area contributed by atoms with Crippen LogP contribution in [0.4, 0.5) is 4.79 Å². The fraction of sp³-hybridized carbons (Fsp3) is 0.538. The fourth-order valence-corrected chi connectivity index (χ4v) is 4.70. The molecule has 3 unspecified atom stereocenters. The van der Waals surface area contributed by atoms with Crippen molar-refractivity contribution >= 4 is 35.6 Å². The first-order valence-corrected chi connectivity index (χ1v) is 12.8. The normalized spacial score (nSPS) is 19.8. The van der Waals surface area contributed by atoms with Crippen molar-refractivity contribution in [3.05, 3.63) is 35.9 Å². The van der Waals surface area contributed by atoms with E-state index in [0.29, 0.717) is 19.3 Å². The quantitative estimate of drug-likeness (QED) is 0.395. The predicted molar refractivity (Wildman–Crippen MR) is 135 cm³/mol. The second-order valence-corrected chi connectivity index (χ2v) is 9.92. The predicted octanol–water partition coefficient (Wildman–Crippen LogP) is 0.438. The van der Waals surface area contributed by atoms with Gasteiger partial charge in [-0.3, -0.25) is 24.0 Å². The summed E-state index contributed by atoms with van der Waals surface area (Å²) in [5.41, 5.74) is 5.84. The molecule has 0 bridgehead atoms. The Kier molecular flexibility index (Phi) is 9.80. The van der Waals surface area contributed by atoms with Crippen molar-refractivity contribution < 1.29 is 33.5 Å². The number of amides is 6. The number of carbonyl (C=O) groups excluding carboxylic acids is 6. The molecule has 12 heteroatoms. The molecule has 0 radical (unpaired) electrons. The maximum Gasteiger partial charge on any atom is 0.417 e. The van der Waals surface area contributed by atoms with Gasteiger partial charge in [-0.1, -0.05) is 44.2 Å². The fourth-order valence-electron chi connectivity index (χ4n) is 4.70. The molecule has 2 fully saturated rings. The van der Waals surface area contributed by atoms with Gasteiger partial charge in [-0.2, -0.15) is 0 Å². The number of hydrogen-bond donors (Lipinski definition) is 3. The van der Waals surface area contributed by atoms with E-state index in [1.165, 1.54) is 4.90 Å². The zero-order chi connectivity index (χ0) is 27.8. The van der Waals surface area contributed by atoms with Gasteiger partial charge in [-0.05, 0) is 37.2 Å². The number of nitrogens with two attached hydrogens (primary N) is 1. The summed E-state index contributed by atoms with van der Waals surface area (Å²) in [4.78, 5) is 77.8. The molecule has 0 aromatic heterocycles. The Morgan fingerprint density at radius 3 is 2.45 bits per heavy atom. The van der Waals surface area contributed by atoms with Crippen LogP contribution >= 0.6 is 0 Å².